The van der Waals surface area contributed by atoms with Gasteiger partial charge in [0.05, 0.1) is 5.38 Å². The Balaban J connectivity index is 1.83. The fourth-order valence-electron chi connectivity index (χ4n) is 3.36. The second-order valence-corrected chi connectivity index (χ2v) is 6.69. The smallest absolute Gasteiger partial charge is 0.0763 e. The van der Waals surface area contributed by atoms with Crippen LogP contribution < -0.4 is 4.90 Å². The molecule has 0 bridgehead atoms. The van der Waals surface area contributed by atoms with E-state index in [-0.39, 0.29) is 5.38 Å². The minimum absolute atomic E-state index is 0.0270. The number of alkyl halides is 1. The molecular formula is C19H22ClN. The monoisotopic (exact) mass is 299 g/mol. The van der Waals surface area contributed by atoms with E-state index in [2.05, 4.69) is 68.1 Å². The lowest BCUT2D eigenvalue weighted by Gasteiger charge is -2.28. The summed E-state index contributed by atoms with van der Waals surface area (Å²) >= 11 is 6.73. The molecule has 1 aliphatic rings. The van der Waals surface area contributed by atoms with Gasteiger partial charge in [-0.2, -0.15) is 0 Å². The van der Waals surface area contributed by atoms with Crippen LogP contribution in [0.1, 0.15) is 34.6 Å². The molecule has 0 radical (unpaired) electrons. The molecule has 2 aromatic carbocycles. The van der Waals surface area contributed by atoms with Crippen molar-refractivity contribution in [1.29, 1.82) is 0 Å². The van der Waals surface area contributed by atoms with Crippen molar-refractivity contribution in [1.82, 2.24) is 0 Å². The van der Waals surface area contributed by atoms with E-state index in [0.29, 0.717) is 6.04 Å². The number of benzene rings is 2. The summed E-state index contributed by atoms with van der Waals surface area (Å²) in [6.07, 6.45) is 1.12. The molecule has 3 rings (SSSR count). The van der Waals surface area contributed by atoms with Gasteiger partial charge in [-0.3, -0.25) is 0 Å². The van der Waals surface area contributed by atoms with Gasteiger partial charge in [-0.05, 0) is 49.9 Å². The molecule has 0 N–H and O–H groups in total. The zero-order chi connectivity index (χ0) is 15.0. The third-order valence-electron chi connectivity index (χ3n) is 4.47. The van der Waals surface area contributed by atoms with Crippen molar-refractivity contribution in [3.05, 3.63) is 64.7 Å². The standard InChI is InChI=1S/C19H22ClN/c1-13-8-9-17(14(2)10-13)18(20)12-21-15(3)11-16-6-4-5-7-19(16)21/h4-10,15,18H,11-12H2,1-3H3. The molecule has 0 amide bonds. The third kappa shape index (κ3) is 2.80. The summed E-state index contributed by atoms with van der Waals surface area (Å²) in [4.78, 5) is 2.45. The first-order valence-corrected chi connectivity index (χ1v) is 8.05. The summed E-state index contributed by atoms with van der Waals surface area (Å²) in [6, 6.07) is 15.7. The van der Waals surface area contributed by atoms with Crippen molar-refractivity contribution in [2.24, 2.45) is 0 Å². The summed E-state index contributed by atoms with van der Waals surface area (Å²) in [7, 11) is 0. The summed E-state index contributed by atoms with van der Waals surface area (Å²) in [5, 5.41) is 0.0270. The Bertz CT molecular complexity index is 650. The molecule has 0 saturated carbocycles. The lowest BCUT2D eigenvalue weighted by Crippen LogP contribution is -2.32. The highest BCUT2D eigenvalue weighted by Crippen LogP contribution is 2.35. The van der Waals surface area contributed by atoms with Crippen molar-refractivity contribution in [2.75, 3.05) is 11.4 Å². The van der Waals surface area contributed by atoms with Crippen LogP contribution in [0.25, 0.3) is 0 Å². The molecule has 1 heterocycles. The Morgan fingerprint density at radius 1 is 1.19 bits per heavy atom. The van der Waals surface area contributed by atoms with Gasteiger partial charge in [-0.25, -0.2) is 0 Å². The molecule has 0 aliphatic carbocycles. The number of nitrogens with zero attached hydrogens (tertiary/aromatic N) is 1. The van der Waals surface area contributed by atoms with Gasteiger partial charge in [-0.15, -0.1) is 11.6 Å². The average molecular weight is 300 g/mol. The van der Waals surface area contributed by atoms with E-state index in [4.69, 9.17) is 11.6 Å². The fraction of sp³-hybridized carbons (Fsp3) is 0.368. The SMILES string of the molecule is Cc1ccc(C(Cl)CN2c3ccccc3CC2C)c(C)c1. The first-order valence-electron chi connectivity index (χ1n) is 7.62. The minimum atomic E-state index is 0.0270. The summed E-state index contributed by atoms with van der Waals surface area (Å²) in [6.45, 7) is 7.42. The maximum atomic E-state index is 6.73. The van der Waals surface area contributed by atoms with Crippen LogP contribution in [0.15, 0.2) is 42.5 Å². The first-order chi connectivity index (χ1) is 10.1. The lowest BCUT2D eigenvalue weighted by molar-refractivity contribution is 0.661. The van der Waals surface area contributed by atoms with E-state index in [9.17, 15) is 0 Å². The van der Waals surface area contributed by atoms with Gasteiger partial charge in [0.2, 0.25) is 0 Å². The Morgan fingerprint density at radius 3 is 2.71 bits per heavy atom. The predicted octanol–water partition coefficient (Wildman–Crippen LogP) is 5.03. The molecule has 21 heavy (non-hydrogen) atoms. The van der Waals surface area contributed by atoms with Crippen LogP contribution in [0.2, 0.25) is 0 Å². The second kappa shape index (κ2) is 5.73. The molecule has 0 spiro atoms. The largest absolute Gasteiger partial charge is 0.366 e. The van der Waals surface area contributed by atoms with E-state index in [1.807, 2.05) is 0 Å². The van der Waals surface area contributed by atoms with Crippen molar-refractivity contribution >= 4 is 17.3 Å². The molecule has 0 fully saturated rings. The van der Waals surface area contributed by atoms with Crippen molar-refractivity contribution < 1.29 is 0 Å². The van der Waals surface area contributed by atoms with Gasteiger partial charge < -0.3 is 4.90 Å². The molecule has 110 valence electrons. The highest BCUT2D eigenvalue weighted by atomic mass is 35.5. The highest BCUT2D eigenvalue weighted by Gasteiger charge is 2.27. The summed E-state index contributed by atoms with van der Waals surface area (Å²) in [5.74, 6) is 0. The van der Waals surface area contributed by atoms with Crippen LogP contribution in [0.5, 0.6) is 0 Å². The molecule has 2 unspecified atom stereocenters. The Morgan fingerprint density at radius 2 is 1.95 bits per heavy atom. The number of rotatable bonds is 3. The number of para-hydroxylation sites is 1. The fourth-order valence-corrected chi connectivity index (χ4v) is 3.75. The lowest BCUT2D eigenvalue weighted by atomic mass is 10.0. The summed E-state index contributed by atoms with van der Waals surface area (Å²) < 4.78 is 0. The van der Waals surface area contributed by atoms with Crippen molar-refractivity contribution in [3.8, 4) is 0 Å². The van der Waals surface area contributed by atoms with Crippen molar-refractivity contribution in [2.45, 2.75) is 38.6 Å². The van der Waals surface area contributed by atoms with E-state index in [1.54, 1.807) is 0 Å². The molecule has 0 aromatic heterocycles. The van der Waals surface area contributed by atoms with Crippen LogP contribution in [0.4, 0.5) is 5.69 Å². The quantitative estimate of drug-likeness (QED) is 0.718. The number of aryl methyl sites for hydroxylation is 2. The minimum Gasteiger partial charge on any atom is -0.366 e. The normalized spacial score (nSPS) is 18.7. The van der Waals surface area contributed by atoms with Gasteiger partial charge in [-0.1, -0.05) is 42.0 Å². The van der Waals surface area contributed by atoms with E-state index in [1.165, 1.54) is 27.9 Å². The Hall–Kier alpha value is -1.47. The Labute approximate surface area is 132 Å². The van der Waals surface area contributed by atoms with Gasteiger partial charge in [0.1, 0.15) is 0 Å². The number of fused-ring (bicyclic) bond motifs is 1. The highest BCUT2D eigenvalue weighted by molar-refractivity contribution is 6.21. The first kappa shape index (κ1) is 14.5. The molecule has 2 atom stereocenters. The second-order valence-electron chi connectivity index (χ2n) is 6.16. The van der Waals surface area contributed by atoms with E-state index < -0.39 is 0 Å². The number of hydrogen-bond donors (Lipinski definition) is 0. The molecule has 1 aliphatic heterocycles. The van der Waals surface area contributed by atoms with Crippen molar-refractivity contribution in [3.63, 3.8) is 0 Å². The molecule has 0 saturated heterocycles. The van der Waals surface area contributed by atoms with Crippen LogP contribution in [0.3, 0.4) is 0 Å². The molecule has 1 nitrogen and oxygen atoms in total. The maximum Gasteiger partial charge on any atom is 0.0763 e. The molecular weight excluding hydrogens is 278 g/mol. The average Bonchev–Trinajstić information content (AvgIpc) is 2.75. The predicted molar refractivity (Wildman–Crippen MR) is 91.5 cm³/mol. The molecule has 2 heteroatoms. The number of hydrogen-bond acceptors (Lipinski definition) is 1. The third-order valence-corrected chi connectivity index (χ3v) is 4.84. The topological polar surface area (TPSA) is 3.24 Å². The summed E-state index contributed by atoms with van der Waals surface area (Å²) in [5.41, 5.74) is 6.61. The van der Waals surface area contributed by atoms with Gasteiger partial charge >= 0.3 is 0 Å². The zero-order valence-electron chi connectivity index (χ0n) is 12.9. The Kier molecular flexibility index (Phi) is 3.95. The van der Waals surface area contributed by atoms with Gasteiger partial charge in [0.25, 0.3) is 0 Å². The van der Waals surface area contributed by atoms with Crippen LogP contribution in [-0.2, 0) is 6.42 Å². The van der Waals surface area contributed by atoms with Gasteiger partial charge in [0.15, 0.2) is 0 Å². The van der Waals surface area contributed by atoms with E-state index >= 15 is 0 Å². The number of halogens is 1. The zero-order valence-corrected chi connectivity index (χ0v) is 13.7. The number of anilines is 1. The van der Waals surface area contributed by atoms with Crippen LogP contribution in [-0.4, -0.2) is 12.6 Å². The van der Waals surface area contributed by atoms with Crippen LogP contribution in [0, 0.1) is 13.8 Å². The maximum absolute atomic E-state index is 6.73. The van der Waals surface area contributed by atoms with Crippen LogP contribution >= 0.6 is 11.6 Å². The molecule has 2 aromatic rings. The van der Waals surface area contributed by atoms with Gasteiger partial charge in [0, 0.05) is 18.3 Å². The van der Waals surface area contributed by atoms with E-state index in [0.717, 1.165) is 13.0 Å².